The summed E-state index contributed by atoms with van der Waals surface area (Å²) in [7, 11) is 0. The number of amides is 1. The fourth-order valence-electron chi connectivity index (χ4n) is 3.30. The number of carbonyl (C=O) groups excluding carboxylic acids is 1. The van der Waals surface area contributed by atoms with Crippen LogP contribution in [0.5, 0.6) is 0 Å². The van der Waals surface area contributed by atoms with Gasteiger partial charge in [-0.1, -0.05) is 29.4 Å². The van der Waals surface area contributed by atoms with Crippen molar-refractivity contribution in [1.29, 1.82) is 0 Å². The van der Waals surface area contributed by atoms with Crippen molar-refractivity contribution in [3.8, 4) is 22.4 Å². The number of rotatable bonds is 5. The molecule has 1 N–H and O–H groups in total. The average Bonchev–Trinajstić information content (AvgIpc) is 3.15. The van der Waals surface area contributed by atoms with Gasteiger partial charge in [0.25, 0.3) is 0 Å². The Hall–Kier alpha value is -3.80. The minimum atomic E-state index is -0.292. The third kappa shape index (κ3) is 3.98. The molecule has 30 heavy (non-hydrogen) atoms. The summed E-state index contributed by atoms with van der Waals surface area (Å²) in [5.41, 5.74) is 5.12. The summed E-state index contributed by atoms with van der Waals surface area (Å²) < 4.78 is 19.3. The van der Waals surface area contributed by atoms with E-state index in [4.69, 9.17) is 4.52 Å². The zero-order valence-corrected chi connectivity index (χ0v) is 16.6. The van der Waals surface area contributed by atoms with Crippen molar-refractivity contribution in [2.75, 3.05) is 5.32 Å². The fraction of sp³-hybridized carbons (Fsp3) is 0.125. The lowest BCUT2D eigenvalue weighted by Gasteiger charge is -2.08. The molecule has 6 heteroatoms. The molecule has 4 aromatic rings. The molecule has 2 heterocycles. The van der Waals surface area contributed by atoms with Gasteiger partial charge < -0.3 is 4.52 Å². The lowest BCUT2D eigenvalue weighted by atomic mass is 10.00. The van der Waals surface area contributed by atoms with E-state index in [0.29, 0.717) is 22.4 Å². The summed E-state index contributed by atoms with van der Waals surface area (Å²) in [6.07, 6.45) is 3.52. The smallest absolute Gasteiger partial charge is 0.239 e. The molecule has 150 valence electrons. The molecule has 5 nitrogen and oxygen atoms in total. The molecular formula is C24H20FN3O2. The van der Waals surface area contributed by atoms with Crippen molar-refractivity contribution in [2.45, 2.75) is 20.3 Å². The maximum atomic E-state index is 13.7. The van der Waals surface area contributed by atoms with E-state index < -0.39 is 0 Å². The molecule has 0 radical (unpaired) electrons. The minimum Gasteiger partial charge on any atom is -0.337 e. The second kappa shape index (κ2) is 8.29. The van der Waals surface area contributed by atoms with Gasteiger partial charge in [-0.15, -0.1) is 0 Å². The number of hydrogen-bond donors (Lipinski definition) is 1. The number of nitrogens with zero attached hydrogens (tertiary/aromatic N) is 2. The standard InChI is InChI=1S/C24H20FN3O2/c1-15-5-3-4-6-18(15)14-21(29)27-24-22(17-9-11-26-12-10-17)23(28-30-24)19-7-8-20(25)16(2)13-19/h3-13H,14H2,1-2H3,(H,27,29). The molecule has 0 atom stereocenters. The van der Waals surface area contributed by atoms with E-state index in [1.54, 1.807) is 31.5 Å². The van der Waals surface area contributed by atoms with Gasteiger partial charge in [0.05, 0.1) is 12.0 Å². The van der Waals surface area contributed by atoms with E-state index in [1.165, 1.54) is 6.07 Å². The lowest BCUT2D eigenvalue weighted by Crippen LogP contribution is -2.15. The Morgan fingerprint density at radius 3 is 2.50 bits per heavy atom. The number of halogens is 1. The van der Waals surface area contributed by atoms with E-state index in [9.17, 15) is 9.18 Å². The Morgan fingerprint density at radius 2 is 1.77 bits per heavy atom. The molecule has 0 fully saturated rings. The van der Waals surface area contributed by atoms with Crippen LogP contribution in [0.25, 0.3) is 22.4 Å². The van der Waals surface area contributed by atoms with Crippen LogP contribution in [-0.2, 0) is 11.2 Å². The Bertz CT molecular complexity index is 1200. The van der Waals surface area contributed by atoms with Gasteiger partial charge in [0.2, 0.25) is 11.8 Å². The Labute approximate surface area is 173 Å². The molecule has 0 saturated carbocycles. The topological polar surface area (TPSA) is 68.0 Å². The summed E-state index contributed by atoms with van der Waals surface area (Å²) in [6.45, 7) is 3.66. The number of pyridine rings is 1. The first-order valence-electron chi connectivity index (χ1n) is 9.54. The van der Waals surface area contributed by atoms with Gasteiger partial charge >= 0.3 is 0 Å². The van der Waals surface area contributed by atoms with Crippen molar-refractivity contribution in [3.05, 3.63) is 89.5 Å². The van der Waals surface area contributed by atoms with Crippen LogP contribution in [0.1, 0.15) is 16.7 Å². The first-order valence-corrected chi connectivity index (χ1v) is 9.54. The molecule has 0 aliphatic rings. The van der Waals surface area contributed by atoms with Crippen LogP contribution in [-0.4, -0.2) is 16.0 Å². The van der Waals surface area contributed by atoms with Gasteiger partial charge in [-0.2, -0.15) is 0 Å². The van der Waals surface area contributed by atoms with E-state index in [0.717, 1.165) is 16.7 Å². The zero-order valence-electron chi connectivity index (χ0n) is 16.6. The molecule has 0 bridgehead atoms. The Balaban J connectivity index is 1.71. The molecule has 2 aromatic heterocycles. The van der Waals surface area contributed by atoms with E-state index in [2.05, 4.69) is 15.5 Å². The summed E-state index contributed by atoms with van der Waals surface area (Å²) in [6, 6.07) is 16.1. The quantitative estimate of drug-likeness (QED) is 0.490. The van der Waals surface area contributed by atoms with Gasteiger partial charge in [0.15, 0.2) is 0 Å². The zero-order chi connectivity index (χ0) is 21.1. The fourth-order valence-corrected chi connectivity index (χ4v) is 3.30. The number of hydrogen-bond acceptors (Lipinski definition) is 4. The average molecular weight is 401 g/mol. The van der Waals surface area contributed by atoms with Crippen LogP contribution in [0.15, 0.2) is 71.5 Å². The van der Waals surface area contributed by atoms with Crippen LogP contribution in [0.2, 0.25) is 0 Å². The summed E-state index contributed by atoms with van der Waals surface area (Å²) in [4.78, 5) is 16.8. The summed E-state index contributed by atoms with van der Waals surface area (Å²) in [5, 5.41) is 7.02. The lowest BCUT2D eigenvalue weighted by molar-refractivity contribution is -0.115. The monoisotopic (exact) mass is 401 g/mol. The molecule has 4 rings (SSSR count). The summed E-state index contributed by atoms with van der Waals surface area (Å²) >= 11 is 0. The third-order valence-electron chi connectivity index (χ3n) is 4.96. The first-order chi connectivity index (χ1) is 14.5. The number of benzene rings is 2. The Kier molecular flexibility index (Phi) is 5.39. The van der Waals surface area contributed by atoms with Crippen LogP contribution < -0.4 is 5.32 Å². The van der Waals surface area contributed by atoms with Gasteiger partial charge in [-0.25, -0.2) is 4.39 Å². The summed E-state index contributed by atoms with van der Waals surface area (Å²) in [5.74, 6) is -0.256. The van der Waals surface area contributed by atoms with Crippen LogP contribution in [0.4, 0.5) is 10.3 Å². The van der Waals surface area contributed by atoms with Crippen LogP contribution >= 0.6 is 0 Å². The Morgan fingerprint density at radius 1 is 1.00 bits per heavy atom. The highest BCUT2D eigenvalue weighted by Crippen LogP contribution is 2.38. The van der Waals surface area contributed by atoms with Crippen LogP contribution in [0.3, 0.4) is 0 Å². The number of aromatic nitrogens is 2. The molecule has 1 amide bonds. The van der Waals surface area contributed by atoms with Crippen molar-refractivity contribution >= 4 is 11.8 Å². The van der Waals surface area contributed by atoms with Crippen molar-refractivity contribution in [1.82, 2.24) is 10.1 Å². The predicted molar refractivity (Wildman–Crippen MR) is 113 cm³/mol. The largest absolute Gasteiger partial charge is 0.337 e. The normalized spacial score (nSPS) is 10.8. The highest BCUT2D eigenvalue weighted by molar-refractivity contribution is 5.98. The maximum Gasteiger partial charge on any atom is 0.239 e. The molecule has 0 aliphatic carbocycles. The van der Waals surface area contributed by atoms with Crippen molar-refractivity contribution in [3.63, 3.8) is 0 Å². The van der Waals surface area contributed by atoms with Crippen LogP contribution in [0, 0.1) is 19.7 Å². The molecule has 2 aromatic carbocycles. The second-order valence-corrected chi connectivity index (χ2v) is 7.09. The van der Waals surface area contributed by atoms with E-state index in [-0.39, 0.29) is 24.0 Å². The minimum absolute atomic E-state index is 0.211. The van der Waals surface area contributed by atoms with E-state index >= 15 is 0 Å². The highest BCUT2D eigenvalue weighted by atomic mass is 19.1. The number of nitrogens with one attached hydrogen (secondary N) is 1. The van der Waals surface area contributed by atoms with Gasteiger partial charge in [-0.05, 0) is 66.4 Å². The molecule has 0 spiro atoms. The molecule has 0 aliphatic heterocycles. The first kappa shape index (κ1) is 19.5. The van der Waals surface area contributed by atoms with E-state index in [1.807, 2.05) is 43.3 Å². The number of anilines is 1. The third-order valence-corrected chi connectivity index (χ3v) is 4.96. The van der Waals surface area contributed by atoms with Gasteiger partial charge in [-0.3, -0.25) is 15.1 Å². The van der Waals surface area contributed by atoms with Crippen molar-refractivity contribution in [2.24, 2.45) is 0 Å². The SMILES string of the molecule is Cc1cc(-c2noc(NC(=O)Cc3ccccc3C)c2-c2ccncc2)ccc1F. The van der Waals surface area contributed by atoms with Gasteiger partial charge in [0.1, 0.15) is 11.5 Å². The maximum absolute atomic E-state index is 13.7. The number of aryl methyl sites for hydroxylation is 2. The predicted octanol–water partition coefficient (Wildman–Crippen LogP) is 5.34. The number of carbonyl (C=O) groups is 1. The van der Waals surface area contributed by atoms with Gasteiger partial charge in [0, 0.05) is 18.0 Å². The molecule has 0 saturated heterocycles. The van der Waals surface area contributed by atoms with Crippen molar-refractivity contribution < 1.29 is 13.7 Å². The molecule has 0 unspecified atom stereocenters. The second-order valence-electron chi connectivity index (χ2n) is 7.09. The molecular weight excluding hydrogens is 381 g/mol. The highest BCUT2D eigenvalue weighted by Gasteiger charge is 2.22.